The minimum atomic E-state index is 0.451. The third-order valence-electron chi connectivity index (χ3n) is 5.49. The summed E-state index contributed by atoms with van der Waals surface area (Å²) >= 11 is 0. The second kappa shape index (κ2) is 11.8. The normalized spacial score (nSPS) is 10.8. The van der Waals surface area contributed by atoms with Gasteiger partial charge in [0.25, 0.3) is 0 Å². The number of ether oxygens (including phenoxy) is 1. The van der Waals surface area contributed by atoms with E-state index in [0.29, 0.717) is 24.1 Å². The van der Waals surface area contributed by atoms with Crippen LogP contribution in [0.1, 0.15) is 13.8 Å². The number of hydrogen-bond donors (Lipinski definition) is 3. The van der Waals surface area contributed by atoms with Crippen molar-refractivity contribution in [1.29, 1.82) is 0 Å². The molecule has 0 aliphatic carbocycles. The number of nitrogens with one attached hydrogen (secondary N) is 2. The van der Waals surface area contributed by atoms with Gasteiger partial charge in [0.2, 0.25) is 5.95 Å². The molecule has 180 valence electrons. The lowest BCUT2D eigenvalue weighted by molar-refractivity contribution is 0.223. The first-order chi connectivity index (χ1) is 17.1. The summed E-state index contributed by atoms with van der Waals surface area (Å²) in [5.41, 5.74) is 9.85. The van der Waals surface area contributed by atoms with Crippen LogP contribution in [0.4, 0.5) is 28.8 Å². The van der Waals surface area contributed by atoms with Gasteiger partial charge in [0.1, 0.15) is 24.5 Å². The van der Waals surface area contributed by atoms with Crippen molar-refractivity contribution in [3.05, 3.63) is 73.4 Å². The summed E-state index contributed by atoms with van der Waals surface area (Å²) < 4.78 is 5.87. The molecule has 2 aromatic carbocycles. The monoisotopic (exact) mass is 470 g/mol. The molecule has 4 rings (SSSR count). The van der Waals surface area contributed by atoms with Crippen LogP contribution in [0.2, 0.25) is 0 Å². The Balaban J connectivity index is 1.50. The lowest BCUT2D eigenvalue weighted by Gasteiger charge is -2.18. The molecule has 2 aromatic heterocycles. The standard InChI is InChI=1S/C26H30N8O/c1-3-34(4-2)12-13-35-23-10-8-21(9-11-23)32-26-30-17-24(19-15-28-18-29-16-19)25(33-26)31-22-7-5-6-20(27)14-22/h5-11,14-18H,3-4,12-13,27H2,1-2H3,(H2,30,31,32,33). The van der Waals surface area contributed by atoms with Crippen LogP contribution in [-0.2, 0) is 0 Å². The average molecular weight is 471 g/mol. The number of aromatic nitrogens is 4. The Labute approximate surface area is 205 Å². The van der Waals surface area contributed by atoms with E-state index in [1.54, 1.807) is 18.6 Å². The van der Waals surface area contributed by atoms with Gasteiger partial charge >= 0.3 is 0 Å². The van der Waals surface area contributed by atoms with Crippen molar-refractivity contribution < 1.29 is 4.74 Å². The van der Waals surface area contributed by atoms with Crippen molar-refractivity contribution in [2.24, 2.45) is 0 Å². The lowest BCUT2D eigenvalue weighted by Crippen LogP contribution is -2.27. The van der Waals surface area contributed by atoms with E-state index < -0.39 is 0 Å². The fourth-order valence-electron chi connectivity index (χ4n) is 3.54. The molecule has 35 heavy (non-hydrogen) atoms. The molecular weight excluding hydrogens is 440 g/mol. The van der Waals surface area contributed by atoms with Gasteiger partial charge in [-0.1, -0.05) is 19.9 Å². The summed E-state index contributed by atoms with van der Waals surface area (Å²) in [5, 5.41) is 6.60. The van der Waals surface area contributed by atoms with E-state index in [1.807, 2.05) is 48.5 Å². The van der Waals surface area contributed by atoms with Crippen molar-refractivity contribution in [3.63, 3.8) is 0 Å². The maximum absolute atomic E-state index is 5.95. The summed E-state index contributed by atoms with van der Waals surface area (Å²) in [5.74, 6) is 1.89. The highest BCUT2D eigenvalue weighted by Gasteiger charge is 2.11. The van der Waals surface area contributed by atoms with Gasteiger partial charge in [0.05, 0.1) is 0 Å². The SMILES string of the molecule is CCN(CC)CCOc1ccc(Nc2ncc(-c3cncnc3)c(Nc3cccc(N)c3)n2)cc1. The number of likely N-dealkylation sites (N-methyl/N-ethyl adjacent to an activating group) is 1. The van der Waals surface area contributed by atoms with Gasteiger partial charge in [-0.2, -0.15) is 4.98 Å². The molecule has 0 saturated heterocycles. The largest absolute Gasteiger partial charge is 0.492 e. The van der Waals surface area contributed by atoms with Crippen LogP contribution in [0, 0.1) is 0 Å². The van der Waals surface area contributed by atoms with Crippen molar-refractivity contribution in [2.45, 2.75) is 13.8 Å². The number of anilines is 5. The fourth-order valence-corrected chi connectivity index (χ4v) is 3.54. The van der Waals surface area contributed by atoms with Gasteiger partial charge in [-0.05, 0) is 55.6 Å². The number of hydrogen-bond acceptors (Lipinski definition) is 9. The Morgan fingerprint density at radius 2 is 1.69 bits per heavy atom. The summed E-state index contributed by atoms with van der Waals surface area (Å²) in [4.78, 5) is 19.8. The van der Waals surface area contributed by atoms with E-state index >= 15 is 0 Å². The zero-order valence-electron chi connectivity index (χ0n) is 20.0. The molecule has 0 radical (unpaired) electrons. The molecule has 9 nitrogen and oxygen atoms in total. The van der Waals surface area contributed by atoms with E-state index in [1.165, 1.54) is 6.33 Å². The van der Waals surface area contributed by atoms with Gasteiger partial charge in [-0.25, -0.2) is 15.0 Å². The predicted octanol–water partition coefficient (Wildman–Crippen LogP) is 4.72. The average Bonchev–Trinajstić information content (AvgIpc) is 2.88. The van der Waals surface area contributed by atoms with Crippen molar-refractivity contribution in [2.75, 3.05) is 42.6 Å². The number of benzene rings is 2. The van der Waals surface area contributed by atoms with Gasteiger partial charge in [-0.3, -0.25) is 0 Å². The van der Waals surface area contributed by atoms with Crippen molar-refractivity contribution in [3.8, 4) is 16.9 Å². The van der Waals surface area contributed by atoms with E-state index in [2.05, 4.69) is 44.3 Å². The second-order valence-corrected chi connectivity index (χ2v) is 7.86. The quantitative estimate of drug-likeness (QED) is 0.268. The zero-order chi connectivity index (χ0) is 24.5. The third-order valence-corrected chi connectivity index (χ3v) is 5.49. The fraction of sp³-hybridized carbons (Fsp3) is 0.231. The summed E-state index contributed by atoms with van der Waals surface area (Å²) in [7, 11) is 0. The Bertz CT molecular complexity index is 1210. The van der Waals surface area contributed by atoms with Crippen LogP contribution in [-0.4, -0.2) is 51.1 Å². The molecule has 0 aliphatic heterocycles. The number of rotatable bonds is 11. The topological polar surface area (TPSA) is 114 Å². The molecule has 0 unspecified atom stereocenters. The first-order valence-corrected chi connectivity index (χ1v) is 11.6. The van der Waals surface area contributed by atoms with E-state index in [0.717, 1.165) is 47.9 Å². The molecule has 9 heteroatoms. The lowest BCUT2D eigenvalue weighted by atomic mass is 10.1. The minimum absolute atomic E-state index is 0.451. The molecular formula is C26H30N8O. The highest BCUT2D eigenvalue weighted by Crippen LogP contribution is 2.29. The summed E-state index contributed by atoms with van der Waals surface area (Å²) in [6.07, 6.45) is 6.68. The van der Waals surface area contributed by atoms with Crippen molar-refractivity contribution in [1.82, 2.24) is 24.8 Å². The van der Waals surface area contributed by atoms with E-state index in [4.69, 9.17) is 15.5 Å². The zero-order valence-corrected chi connectivity index (χ0v) is 20.0. The smallest absolute Gasteiger partial charge is 0.229 e. The molecule has 0 spiro atoms. The van der Waals surface area contributed by atoms with Crippen LogP contribution in [0.25, 0.3) is 11.1 Å². The van der Waals surface area contributed by atoms with Crippen LogP contribution < -0.4 is 21.1 Å². The second-order valence-electron chi connectivity index (χ2n) is 7.86. The minimum Gasteiger partial charge on any atom is -0.492 e. The molecule has 0 saturated carbocycles. The van der Waals surface area contributed by atoms with Gasteiger partial charge in [-0.15, -0.1) is 0 Å². The number of nitrogens with zero attached hydrogens (tertiary/aromatic N) is 5. The highest BCUT2D eigenvalue weighted by atomic mass is 16.5. The first kappa shape index (κ1) is 23.9. The molecule has 0 amide bonds. The Morgan fingerprint density at radius 3 is 2.40 bits per heavy atom. The van der Waals surface area contributed by atoms with Crippen LogP contribution in [0.5, 0.6) is 5.75 Å². The molecule has 0 bridgehead atoms. The number of nitrogen functional groups attached to an aromatic ring is 1. The third kappa shape index (κ3) is 6.64. The molecule has 2 heterocycles. The van der Waals surface area contributed by atoms with E-state index in [9.17, 15) is 0 Å². The van der Waals surface area contributed by atoms with Crippen LogP contribution >= 0.6 is 0 Å². The highest BCUT2D eigenvalue weighted by molar-refractivity contribution is 5.78. The first-order valence-electron chi connectivity index (χ1n) is 11.6. The maximum atomic E-state index is 5.95. The van der Waals surface area contributed by atoms with E-state index in [-0.39, 0.29) is 0 Å². The van der Waals surface area contributed by atoms with Gasteiger partial charge in [0, 0.05) is 53.3 Å². The van der Waals surface area contributed by atoms with Crippen molar-refractivity contribution >= 4 is 28.8 Å². The Kier molecular flexibility index (Phi) is 8.03. The molecule has 4 N–H and O–H groups in total. The van der Waals surface area contributed by atoms with Gasteiger partial charge < -0.3 is 26.0 Å². The summed E-state index contributed by atoms with van der Waals surface area (Å²) in [6, 6.07) is 15.3. The molecule has 0 aliphatic rings. The summed E-state index contributed by atoms with van der Waals surface area (Å²) in [6.45, 7) is 7.91. The van der Waals surface area contributed by atoms with Gasteiger partial charge in [0.15, 0.2) is 0 Å². The predicted molar refractivity (Wildman–Crippen MR) is 140 cm³/mol. The number of nitrogens with two attached hydrogens (primary N) is 1. The Morgan fingerprint density at radius 1 is 0.914 bits per heavy atom. The molecule has 4 aromatic rings. The molecule has 0 fully saturated rings. The molecule has 0 atom stereocenters. The Hall–Kier alpha value is -4.24. The van der Waals surface area contributed by atoms with Crippen LogP contribution in [0.15, 0.2) is 73.4 Å². The van der Waals surface area contributed by atoms with Crippen LogP contribution in [0.3, 0.4) is 0 Å². The maximum Gasteiger partial charge on any atom is 0.229 e.